The lowest BCUT2D eigenvalue weighted by Gasteiger charge is -2.00. The smallest absolute Gasteiger partial charge is 0.308 e. The summed E-state index contributed by atoms with van der Waals surface area (Å²) in [5, 5.41) is 20.1. The van der Waals surface area contributed by atoms with E-state index < -0.39 is 11.5 Å². The van der Waals surface area contributed by atoms with Crippen molar-refractivity contribution in [1.82, 2.24) is 9.78 Å². The van der Waals surface area contributed by atoms with Crippen molar-refractivity contribution in [1.29, 1.82) is 5.26 Å². The summed E-state index contributed by atoms with van der Waals surface area (Å²) < 4.78 is 1.21. The lowest BCUT2D eigenvalue weighted by molar-refractivity contribution is -0.136. The molecular weight excluding hydrogens is 234 g/mol. The molecule has 0 aliphatic carbocycles. The van der Waals surface area contributed by atoms with E-state index in [1.807, 2.05) is 6.07 Å². The minimum atomic E-state index is -1.07. The van der Waals surface area contributed by atoms with Gasteiger partial charge in [-0.05, 0) is 18.2 Å². The van der Waals surface area contributed by atoms with Crippen LogP contribution in [0.15, 0.2) is 35.3 Å². The Labute approximate surface area is 102 Å². The molecule has 18 heavy (non-hydrogen) atoms. The van der Waals surface area contributed by atoms with Gasteiger partial charge in [0.1, 0.15) is 0 Å². The average molecular weight is 243 g/mol. The molecule has 0 aliphatic rings. The van der Waals surface area contributed by atoms with Gasteiger partial charge in [-0.3, -0.25) is 14.7 Å². The first kappa shape index (κ1) is 11.7. The molecule has 0 fully saturated rings. The number of aromatic amines is 1. The number of nitrogens with one attached hydrogen (secondary N) is 1. The highest BCUT2D eigenvalue weighted by Crippen LogP contribution is 2.07. The molecule has 0 radical (unpaired) electrons. The molecule has 2 aromatic rings. The number of nitriles is 1. The van der Waals surface area contributed by atoms with Gasteiger partial charge >= 0.3 is 5.97 Å². The van der Waals surface area contributed by atoms with Crippen molar-refractivity contribution in [3.05, 3.63) is 51.9 Å². The maximum atomic E-state index is 11.9. The highest BCUT2D eigenvalue weighted by atomic mass is 16.4. The predicted molar refractivity (Wildman–Crippen MR) is 62.4 cm³/mol. The number of carboxylic acids is 1. The Kier molecular flexibility index (Phi) is 2.98. The van der Waals surface area contributed by atoms with E-state index in [0.29, 0.717) is 11.3 Å². The van der Waals surface area contributed by atoms with Crippen molar-refractivity contribution >= 4 is 5.97 Å². The SMILES string of the molecule is N#Cc1cccc(-n2[nH]cc(CC(=O)O)c2=O)c1. The second-order valence-corrected chi connectivity index (χ2v) is 3.67. The Morgan fingerprint density at radius 3 is 2.94 bits per heavy atom. The summed E-state index contributed by atoms with van der Waals surface area (Å²) in [6.07, 6.45) is 1.02. The van der Waals surface area contributed by atoms with E-state index in [4.69, 9.17) is 10.4 Å². The topological polar surface area (TPSA) is 98.9 Å². The van der Waals surface area contributed by atoms with Crippen molar-refractivity contribution in [3.8, 4) is 11.8 Å². The van der Waals surface area contributed by atoms with Crippen LogP contribution >= 0.6 is 0 Å². The second kappa shape index (κ2) is 4.59. The van der Waals surface area contributed by atoms with E-state index in [2.05, 4.69) is 5.10 Å². The second-order valence-electron chi connectivity index (χ2n) is 3.67. The van der Waals surface area contributed by atoms with E-state index in [9.17, 15) is 9.59 Å². The van der Waals surface area contributed by atoms with Crippen LogP contribution in [0.5, 0.6) is 0 Å². The molecule has 0 unspecified atom stereocenters. The molecule has 2 rings (SSSR count). The number of carbonyl (C=O) groups is 1. The molecule has 0 atom stereocenters. The zero-order valence-corrected chi connectivity index (χ0v) is 9.25. The number of hydrogen-bond acceptors (Lipinski definition) is 3. The van der Waals surface area contributed by atoms with E-state index in [1.165, 1.54) is 10.9 Å². The van der Waals surface area contributed by atoms with Gasteiger partial charge in [-0.2, -0.15) is 5.26 Å². The Balaban J connectivity index is 2.46. The van der Waals surface area contributed by atoms with Crippen LogP contribution in [-0.2, 0) is 11.2 Å². The molecule has 1 heterocycles. The Morgan fingerprint density at radius 2 is 2.28 bits per heavy atom. The zero-order chi connectivity index (χ0) is 13.1. The number of H-pyrrole nitrogens is 1. The minimum absolute atomic E-state index is 0.171. The molecule has 1 aromatic carbocycles. The zero-order valence-electron chi connectivity index (χ0n) is 9.25. The number of benzene rings is 1. The van der Waals surface area contributed by atoms with Gasteiger partial charge in [0.15, 0.2) is 0 Å². The Hall–Kier alpha value is -2.81. The van der Waals surface area contributed by atoms with Crippen molar-refractivity contribution in [2.24, 2.45) is 0 Å². The number of hydrogen-bond donors (Lipinski definition) is 2. The first-order chi connectivity index (χ1) is 8.61. The van der Waals surface area contributed by atoms with Crippen LogP contribution in [-0.4, -0.2) is 20.9 Å². The fourth-order valence-corrected chi connectivity index (χ4v) is 1.60. The monoisotopic (exact) mass is 243 g/mol. The summed E-state index contributed by atoms with van der Waals surface area (Å²) >= 11 is 0. The van der Waals surface area contributed by atoms with Gasteiger partial charge in [0.25, 0.3) is 5.56 Å². The van der Waals surface area contributed by atoms with Crippen LogP contribution in [0.3, 0.4) is 0 Å². The fraction of sp³-hybridized carbons (Fsp3) is 0.0833. The van der Waals surface area contributed by atoms with E-state index >= 15 is 0 Å². The quantitative estimate of drug-likeness (QED) is 0.827. The highest BCUT2D eigenvalue weighted by Gasteiger charge is 2.11. The Bertz CT molecular complexity index is 691. The highest BCUT2D eigenvalue weighted by molar-refractivity contribution is 5.69. The molecule has 6 nitrogen and oxygen atoms in total. The third-order valence-electron chi connectivity index (χ3n) is 2.42. The number of aliphatic carboxylic acids is 1. The first-order valence-corrected chi connectivity index (χ1v) is 5.13. The predicted octanol–water partition coefficient (Wildman–Crippen LogP) is 0.664. The standard InChI is InChI=1S/C12H9N3O3/c13-6-8-2-1-3-10(4-8)15-12(18)9(7-14-15)5-11(16)17/h1-4,7,14H,5H2,(H,16,17). The van der Waals surface area contributed by atoms with Crippen molar-refractivity contribution in [3.63, 3.8) is 0 Å². The molecule has 6 heteroatoms. The van der Waals surface area contributed by atoms with Gasteiger partial charge in [-0.15, -0.1) is 0 Å². The molecule has 0 saturated carbocycles. The van der Waals surface area contributed by atoms with Gasteiger partial charge in [0.05, 0.1) is 23.7 Å². The van der Waals surface area contributed by atoms with Crippen molar-refractivity contribution in [2.75, 3.05) is 0 Å². The van der Waals surface area contributed by atoms with Crippen LogP contribution in [0.2, 0.25) is 0 Å². The van der Waals surface area contributed by atoms with Crippen LogP contribution < -0.4 is 5.56 Å². The molecule has 0 aliphatic heterocycles. The first-order valence-electron chi connectivity index (χ1n) is 5.13. The van der Waals surface area contributed by atoms with Gasteiger partial charge in [-0.25, -0.2) is 4.68 Å². The maximum Gasteiger partial charge on any atom is 0.308 e. The third kappa shape index (κ3) is 2.15. The average Bonchev–Trinajstić information content (AvgIpc) is 2.70. The summed E-state index contributed by atoms with van der Waals surface area (Å²) in [6, 6.07) is 8.44. The van der Waals surface area contributed by atoms with E-state index in [-0.39, 0.29) is 12.0 Å². The normalized spacial score (nSPS) is 9.94. The lowest BCUT2D eigenvalue weighted by Crippen LogP contribution is -2.19. The Morgan fingerprint density at radius 1 is 1.50 bits per heavy atom. The molecule has 0 spiro atoms. The van der Waals surface area contributed by atoms with Crippen molar-refractivity contribution < 1.29 is 9.90 Å². The number of carboxylic acid groups (broad SMARTS) is 1. The third-order valence-corrected chi connectivity index (χ3v) is 2.42. The molecule has 0 bridgehead atoms. The molecule has 90 valence electrons. The largest absolute Gasteiger partial charge is 0.481 e. The summed E-state index contributed by atoms with van der Waals surface area (Å²) in [5.74, 6) is -1.07. The molecule has 0 amide bonds. The van der Waals surface area contributed by atoms with Gasteiger partial charge in [0, 0.05) is 11.8 Å². The van der Waals surface area contributed by atoms with E-state index in [0.717, 1.165) is 0 Å². The maximum absolute atomic E-state index is 11.9. The number of nitrogens with zero attached hydrogens (tertiary/aromatic N) is 2. The summed E-state index contributed by atoms with van der Waals surface area (Å²) in [5.41, 5.74) is 0.668. The number of aromatic nitrogens is 2. The molecule has 2 N–H and O–H groups in total. The fourth-order valence-electron chi connectivity index (χ4n) is 1.60. The van der Waals surface area contributed by atoms with Gasteiger partial charge in [0.2, 0.25) is 0 Å². The van der Waals surface area contributed by atoms with Crippen LogP contribution in [0.4, 0.5) is 0 Å². The summed E-state index contributed by atoms with van der Waals surface area (Å²) in [7, 11) is 0. The van der Waals surface area contributed by atoms with E-state index in [1.54, 1.807) is 24.3 Å². The molecule has 1 aromatic heterocycles. The van der Waals surface area contributed by atoms with Gasteiger partial charge in [-0.1, -0.05) is 6.07 Å². The number of rotatable bonds is 3. The molecule has 0 saturated heterocycles. The van der Waals surface area contributed by atoms with Crippen molar-refractivity contribution in [2.45, 2.75) is 6.42 Å². The van der Waals surface area contributed by atoms with Crippen LogP contribution in [0, 0.1) is 11.3 Å². The summed E-state index contributed by atoms with van der Waals surface area (Å²) in [6.45, 7) is 0. The van der Waals surface area contributed by atoms with Crippen LogP contribution in [0.25, 0.3) is 5.69 Å². The van der Waals surface area contributed by atoms with Gasteiger partial charge < -0.3 is 5.11 Å². The lowest BCUT2D eigenvalue weighted by atomic mass is 10.2. The minimum Gasteiger partial charge on any atom is -0.481 e. The van der Waals surface area contributed by atoms with Crippen LogP contribution in [0.1, 0.15) is 11.1 Å². The summed E-state index contributed by atoms with van der Waals surface area (Å²) in [4.78, 5) is 22.5. The molecular formula is C12H9N3O3.